The lowest BCUT2D eigenvalue weighted by Crippen LogP contribution is -2.23. The third-order valence-corrected chi connectivity index (χ3v) is 3.84. The molecule has 0 saturated carbocycles. The van der Waals surface area contributed by atoms with E-state index in [0.29, 0.717) is 29.5 Å². The number of ether oxygens (including phenoxy) is 2. The summed E-state index contributed by atoms with van der Waals surface area (Å²) in [5, 5.41) is 0. The quantitative estimate of drug-likeness (QED) is 0.692. The number of benzene rings is 2. The van der Waals surface area contributed by atoms with Crippen LogP contribution in [0.3, 0.4) is 0 Å². The summed E-state index contributed by atoms with van der Waals surface area (Å²) in [5.74, 6) is 0.508. The molecular formula is C17H17NO3. The molecule has 3 rings (SSSR count). The van der Waals surface area contributed by atoms with Gasteiger partial charge in [-0.1, -0.05) is 24.3 Å². The summed E-state index contributed by atoms with van der Waals surface area (Å²) in [7, 11) is 1.54. The van der Waals surface area contributed by atoms with Gasteiger partial charge in [0, 0.05) is 5.92 Å². The lowest BCUT2D eigenvalue weighted by atomic mass is 9.78. The van der Waals surface area contributed by atoms with E-state index in [0.717, 1.165) is 6.42 Å². The molecule has 1 atom stereocenters. The van der Waals surface area contributed by atoms with Crippen molar-refractivity contribution >= 4 is 11.7 Å². The van der Waals surface area contributed by atoms with Gasteiger partial charge in [-0.15, -0.1) is 0 Å². The molecule has 0 spiro atoms. The van der Waals surface area contributed by atoms with Crippen molar-refractivity contribution in [1.29, 1.82) is 0 Å². The van der Waals surface area contributed by atoms with Crippen LogP contribution in [0.2, 0.25) is 0 Å². The first kappa shape index (κ1) is 13.5. The van der Waals surface area contributed by atoms with Gasteiger partial charge in [0.15, 0.2) is 0 Å². The van der Waals surface area contributed by atoms with Crippen LogP contribution in [-0.4, -0.2) is 19.7 Å². The van der Waals surface area contributed by atoms with E-state index in [4.69, 9.17) is 15.2 Å². The lowest BCUT2D eigenvalue weighted by molar-refractivity contribution is 0.0469. The number of methoxy groups -OCH3 is 1. The fourth-order valence-electron chi connectivity index (χ4n) is 2.63. The summed E-state index contributed by atoms with van der Waals surface area (Å²) in [4.78, 5) is 12.0. The maximum absolute atomic E-state index is 12.0. The molecule has 2 N–H and O–H groups in total. The number of rotatable bonds is 4. The van der Waals surface area contributed by atoms with Crippen LogP contribution < -0.4 is 10.5 Å². The van der Waals surface area contributed by atoms with Crippen LogP contribution in [0.1, 0.15) is 27.4 Å². The Labute approximate surface area is 123 Å². The van der Waals surface area contributed by atoms with E-state index in [1.165, 1.54) is 18.2 Å². The van der Waals surface area contributed by atoms with Crippen LogP contribution in [0.25, 0.3) is 0 Å². The summed E-state index contributed by atoms with van der Waals surface area (Å²) in [6.45, 7) is 0.405. The number of anilines is 1. The van der Waals surface area contributed by atoms with Crippen molar-refractivity contribution in [3.8, 4) is 5.75 Å². The Morgan fingerprint density at radius 2 is 2.10 bits per heavy atom. The molecule has 1 unspecified atom stereocenters. The molecule has 0 heterocycles. The fourth-order valence-corrected chi connectivity index (χ4v) is 2.63. The Kier molecular flexibility index (Phi) is 3.52. The van der Waals surface area contributed by atoms with Gasteiger partial charge in [0.2, 0.25) is 0 Å². The number of carbonyl (C=O) groups excluding carboxylic acids is 1. The number of nitrogens with two attached hydrogens (primary N) is 1. The molecule has 0 aliphatic heterocycles. The zero-order chi connectivity index (χ0) is 14.8. The van der Waals surface area contributed by atoms with E-state index < -0.39 is 0 Å². The molecule has 2 aromatic carbocycles. The average molecular weight is 283 g/mol. The lowest BCUT2D eigenvalue weighted by Gasteiger charge is -2.29. The van der Waals surface area contributed by atoms with Gasteiger partial charge in [-0.2, -0.15) is 0 Å². The third kappa shape index (κ3) is 2.57. The maximum atomic E-state index is 12.0. The van der Waals surface area contributed by atoms with E-state index in [1.807, 2.05) is 12.1 Å². The van der Waals surface area contributed by atoms with Crippen LogP contribution in [0, 0.1) is 0 Å². The minimum Gasteiger partial charge on any atom is -0.495 e. The topological polar surface area (TPSA) is 61.5 Å². The van der Waals surface area contributed by atoms with Crippen molar-refractivity contribution in [1.82, 2.24) is 0 Å². The highest BCUT2D eigenvalue weighted by molar-refractivity contribution is 5.91. The standard InChI is InChI=1S/C17H17NO3/c1-20-16-7-6-12(9-15(16)18)17(19)21-10-13-8-11-4-2-3-5-14(11)13/h2-7,9,13H,8,10,18H2,1H3. The minimum atomic E-state index is -0.353. The van der Waals surface area contributed by atoms with E-state index in [1.54, 1.807) is 18.2 Å². The molecular weight excluding hydrogens is 266 g/mol. The molecule has 4 nitrogen and oxygen atoms in total. The Balaban J connectivity index is 1.62. The second-order valence-corrected chi connectivity index (χ2v) is 5.16. The van der Waals surface area contributed by atoms with E-state index in [2.05, 4.69) is 12.1 Å². The van der Waals surface area contributed by atoms with E-state index in [-0.39, 0.29) is 5.97 Å². The zero-order valence-corrected chi connectivity index (χ0v) is 11.8. The van der Waals surface area contributed by atoms with Crippen molar-refractivity contribution in [2.24, 2.45) is 0 Å². The Bertz CT molecular complexity index is 681. The molecule has 2 aromatic rings. The number of esters is 1. The molecule has 0 amide bonds. The molecule has 1 aliphatic rings. The number of hydrogen-bond donors (Lipinski definition) is 1. The Morgan fingerprint density at radius 3 is 2.81 bits per heavy atom. The molecule has 108 valence electrons. The first-order valence-electron chi connectivity index (χ1n) is 6.87. The molecule has 1 aliphatic carbocycles. The largest absolute Gasteiger partial charge is 0.495 e. The van der Waals surface area contributed by atoms with Gasteiger partial charge in [-0.3, -0.25) is 0 Å². The van der Waals surface area contributed by atoms with Crippen molar-refractivity contribution in [2.75, 3.05) is 19.5 Å². The van der Waals surface area contributed by atoms with Gasteiger partial charge in [0.05, 0.1) is 25.0 Å². The fraction of sp³-hybridized carbons (Fsp3) is 0.235. The van der Waals surface area contributed by atoms with Gasteiger partial charge in [-0.25, -0.2) is 4.79 Å². The highest BCUT2D eigenvalue weighted by Crippen LogP contribution is 2.35. The van der Waals surface area contributed by atoms with E-state index >= 15 is 0 Å². The Morgan fingerprint density at radius 1 is 1.29 bits per heavy atom. The first-order valence-corrected chi connectivity index (χ1v) is 6.87. The highest BCUT2D eigenvalue weighted by atomic mass is 16.5. The van der Waals surface area contributed by atoms with Gasteiger partial charge in [0.1, 0.15) is 5.75 Å². The molecule has 0 saturated heterocycles. The summed E-state index contributed by atoms with van der Waals surface area (Å²) in [6.07, 6.45) is 0.966. The first-order chi connectivity index (χ1) is 10.2. The van der Waals surface area contributed by atoms with Gasteiger partial charge < -0.3 is 15.2 Å². The van der Waals surface area contributed by atoms with Crippen LogP contribution in [0.5, 0.6) is 5.75 Å². The molecule has 21 heavy (non-hydrogen) atoms. The smallest absolute Gasteiger partial charge is 0.338 e. The average Bonchev–Trinajstić information content (AvgIpc) is 2.48. The summed E-state index contributed by atoms with van der Waals surface area (Å²) >= 11 is 0. The summed E-state index contributed by atoms with van der Waals surface area (Å²) in [6, 6.07) is 13.1. The zero-order valence-electron chi connectivity index (χ0n) is 11.8. The number of carbonyl (C=O) groups is 1. The molecule has 0 aromatic heterocycles. The number of nitrogen functional groups attached to an aromatic ring is 1. The second-order valence-electron chi connectivity index (χ2n) is 5.16. The van der Waals surface area contributed by atoms with Crippen LogP contribution in [0.15, 0.2) is 42.5 Å². The predicted molar refractivity (Wildman–Crippen MR) is 80.6 cm³/mol. The Hall–Kier alpha value is -2.49. The number of fused-ring (bicyclic) bond motifs is 1. The number of hydrogen-bond acceptors (Lipinski definition) is 4. The van der Waals surface area contributed by atoms with E-state index in [9.17, 15) is 4.79 Å². The molecule has 4 heteroatoms. The molecule has 0 fully saturated rings. The maximum Gasteiger partial charge on any atom is 0.338 e. The van der Waals surface area contributed by atoms with Crippen LogP contribution >= 0.6 is 0 Å². The third-order valence-electron chi connectivity index (χ3n) is 3.84. The van der Waals surface area contributed by atoms with Crippen molar-refractivity contribution < 1.29 is 14.3 Å². The monoisotopic (exact) mass is 283 g/mol. The van der Waals surface area contributed by atoms with Gasteiger partial charge in [-0.05, 0) is 35.7 Å². The summed E-state index contributed by atoms with van der Waals surface area (Å²) < 4.78 is 10.4. The normalized spacial score (nSPS) is 15.8. The highest BCUT2D eigenvalue weighted by Gasteiger charge is 2.26. The van der Waals surface area contributed by atoms with Crippen molar-refractivity contribution in [2.45, 2.75) is 12.3 Å². The molecule has 0 bridgehead atoms. The van der Waals surface area contributed by atoms with Crippen molar-refractivity contribution in [3.63, 3.8) is 0 Å². The second kappa shape index (κ2) is 5.48. The van der Waals surface area contributed by atoms with Crippen LogP contribution in [0.4, 0.5) is 5.69 Å². The van der Waals surface area contributed by atoms with Gasteiger partial charge >= 0.3 is 5.97 Å². The minimum absolute atomic E-state index is 0.306. The van der Waals surface area contributed by atoms with Crippen LogP contribution in [-0.2, 0) is 11.2 Å². The predicted octanol–water partition coefficient (Wildman–Crippen LogP) is 2.77. The molecule has 0 radical (unpaired) electrons. The SMILES string of the molecule is COc1ccc(C(=O)OCC2Cc3ccccc32)cc1N. The summed E-state index contributed by atoms with van der Waals surface area (Å²) in [5.41, 5.74) is 9.29. The van der Waals surface area contributed by atoms with Gasteiger partial charge in [0.25, 0.3) is 0 Å². The van der Waals surface area contributed by atoms with Crippen molar-refractivity contribution in [3.05, 3.63) is 59.2 Å².